The molecule has 0 aliphatic carbocycles. The van der Waals surface area contributed by atoms with Crippen LogP contribution in [0.4, 0.5) is 0 Å². The fourth-order valence-electron chi connectivity index (χ4n) is 2.43. The Balaban J connectivity index is 1.87. The minimum Gasteiger partial charge on any atom is -0.479 e. The highest BCUT2D eigenvalue weighted by Crippen LogP contribution is 2.24. The Morgan fingerprint density at radius 3 is 2.53 bits per heavy atom. The predicted octanol–water partition coefficient (Wildman–Crippen LogP) is -0.574. The second-order valence-corrected chi connectivity index (χ2v) is 4.70. The van der Waals surface area contributed by atoms with E-state index in [-0.39, 0.29) is 5.91 Å². The largest absolute Gasteiger partial charge is 0.479 e. The average molecular weight is 242 g/mol. The Kier molecular flexibility index (Phi) is 3.63. The SMILES string of the molecule is NCC1CCN(C(=O)[C@@H]2CC[C@H](C(=O)O)O2)C1. The number of carboxylic acid groups (broad SMARTS) is 1. The molecule has 2 heterocycles. The fourth-order valence-corrected chi connectivity index (χ4v) is 2.43. The number of carbonyl (C=O) groups excluding carboxylic acids is 1. The monoisotopic (exact) mass is 242 g/mol. The topological polar surface area (TPSA) is 92.9 Å². The zero-order valence-corrected chi connectivity index (χ0v) is 9.67. The molecule has 17 heavy (non-hydrogen) atoms. The molecule has 3 atom stereocenters. The number of amides is 1. The van der Waals surface area contributed by atoms with Crippen molar-refractivity contribution in [1.82, 2.24) is 4.90 Å². The van der Waals surface area contributed by atoms with Gasteiger partial charge in [0.15, 0.2) is 6.10 Å². The van der Waals surface area contributed by atoms with Gasteiger partial charge in [0.25, 0.3) is 5.91 Å². The van der Waals surface area contributed by atoms with Crippen molar-refractivity contribution in [2.24, 2.45) is 11.7 Å². The third-order valence-corrected chi connectivity index (χ3v) is 3.50. The standard InChI is InChI=1S/C11H18N2O4/c12-5-7-3-4-13(6-7)10(14)8-1-2-9(17-8)11(15)16/h7-9H,1-6,12H2,(H,15,16)/t7?,8-,9+/m0/s1. The summed E-state index contributed by atoms with van der Waals surface area (Å²) in [6.45, 7) is 1.97. The summed E-state index contributed by atoms with van der Waals surface area (Å²) >= 11 is 0. The van der Waals surface area contributed by atoms with Gasteiger partial charge in [-0.3, -0.25) is 4.79 Å². The van der Waals surface area contributed by atoms with Crippen molar-refractivity contribution in [3.05, 3.63) is 0 Å². The summed E-state index contributed by atoms with van der Waals surface area (Å²) in [4.78, 5) is 24.5. The van der Waals surface area contributed by atoms with Gasteiger partial charge in [-0.2, -0.15) is 0 Å². The normalized spacial score (nSPS) is 33.0. The molecule has 2 aliphatic rings. The number of nitrogens with zero attached hydrogens (tertiary/aromatic N) is 1. The first-order valence-corrected chi connectivity index (χ1v) is 5.99. The molecule has 2 saturated heterocycles. The van der Waals surface area contributed by atoms with Gasteiger partial charge in [0.1, 0.15) is 6.10 Å². The fraction of sp³-hybridized carbons (Fsp3) is 0.818. The van der Waals surface area contributed by atoms with Crippen LogP contribution in [-0.2, 0) is 14.3 Å². The van der Waals surface area contributed by atoms with Crippen LogP contribution in [0.1, 0.15) is 19.3 Å². The van der Waals surface area contributed by atoms with Crippen LogP contribution in [0.3, 0.4) is 0 Å². The first-order chi connectivity index (χ1) is 8.11. The molecule has 6 nitrogen and oxygen atoms in total. The van der Waals surface area contributed by atoms with Crippen LogP contribution in [0, 0.1) is 5.92 Å². The summed E-state index contributed by atoms with van der Waals surface area (Å²) in [5.41, 5.74) is 5.56. The molecular formula is C11H18N2O4. The number of hydrogen-bond donors (Lipinski definition) is 2. The highest BCUT2D eigenvalue weighted by molar-refractivity contribution is 5.83. The number of carboxylic acids is 1. The quantitative estimate of drug-likeness (QED) is 0.691. The van der Waals surface area contributed by atoms with Crippen LogP contribution in [0.25, 0.3) is 0 Å². The van der Waals surface area contributed by atoms with E-state index in [0.717, 1.165) is 6.42 Å². The van der Waals surface area contributed by atoms with Crippen LogP contribution < -0.4 is 5.73 Å². The lowest BCUT2D eigenvalue weighted by atomic mass is 10.1. The molecule has 6 heteroatoms. The lowest BCUT2D eigenvalue weighted by Crippen LogP contribution is -2.38. The van der Waals surface area contributed by atoms with E-state index in [4.69, 9.17) is 15.6 Å². The van der Waals surface area contributed by atoms with E-state index in [9.17, 15) is 9.59 Å². The molecule has 96 valence electrons. The first-order valence-electron chi connectivity index (χ1n) is 5.99. The van der Waals surface area contributed by atoms with Crippen LogP contribution in [0.2, 0.25) is 0 Å². The first kappa shape index (κ1) is 12.3. The van der Waals surface area contributed by atoms with E-state index >= 15 is 0 Å². The second-order valence-electron chi connectivity index (χ2n) is 4.70. The molecule has 0 radical (unpaired) electrons. The number of rotatable bonds is 3. The van der Waals surface area contributed by atoms with E-state index in [1.165, 1.54) is 0 Å². The molecule has 2 aliphatic heterocycles. The molecular weight excluding hydrogens is 224 g/mol. The van der Waals surface area contributed by atoms with E-state index in [0.29, 0.717) is 38.4 Å². The third kappa shape index (κ3) is 2.58. The second kappa shape index (κ2) is 5.01. The van der Waals surface area contributed by atoms with Gasteiger partial charge in [-0.15, -0.1) is 0 Å². The Bertz CT molecular complexity index is 321. The summed E-state index contributed by atoms with van der Waals surface area (Å²) in [6, 6.07) is 0. The third-order valence-electron chi connectivity index (χ3n) is 3.50. The van der Waals surface area contributed by atoms with E-state index in [2.05, 4.69) is 0 Å². The van der Waals surface area contributed by atoms with Gasteiger partial charge in [-0.1, -0.05) is 0 Å². The minimum absolute atomic E-state index is 0.0790. The highest BCUT2D eigenvalue weighted by Gasteiger charge is 2.38. The number of aliphatic carboxylic acids is 1. The van der Waals surface area contributed by atoms with Gasteiger partial charge in [0.05, 0.1) is 0 Å². The van der Waals surface area contributed by atoms with Gasteiger partial charge in [-0.05, 0) is 31.7 Å². The van der Waals surface area contributed by atoms with Crippen LogP contribution in [-0.4, -0.2) is 53.7 Å². The summed E-state index contributed by atoms with van der Waals surface area (Å²) in [6.07, 6.45) is 0.445. The van der Waals surface area contributed by atoms with Gasteiger partial charge >= 0.3 is 5.97 Å². The van der Waals surface area contributed by atoms with Crippen LogP contribution >= 0.6 is 0 Å². The van der Waals surface area contributed by atoms with Crippen molar-refractivity contribution in [3.63, 3.8) is 0 Å². The smallest absolute Gasteiger partial charge is 0.332 e. The van der Waals surface area contributed by atoms with Gasteiger partial charge in [0.2, 0.25) is 0 Å². The van der Waals surface area contributed by atoms with Gasteiger partial charge in [0, 0.05) is 13.1 Å². The minimum atomic E-state index is -0.985. The number of ether oxygens (including phenoxy) is 1. The zero-order valence-electron chi connectivity index (χ0n) is 9.67. The average Bonchev–Trinajstić information content (AvgIpc) is 2.97. The predicted molar refractivity (Wildman–Crippen MR) is 59.3 cm³/mol. The van der Waals surface area contributed by atoms with Crippen molar-refractivity contribution < 1.29 is 19.4 Å². The Morgan fingerprint density at radius 1 is 1.29 bits per heavy atom. The number of nitrogens with two attached hydrogens (primary N) is 1. The summed E-state index contributed by atoms with van der Waals surface area (Å²) in [5.74, 6) is -0.693. The van der Waals surface area contributed by atoms with Crippen LogP contribution in [0.5, 0.6) is 0 Å². The molecule has 0 aromatic rings. The maximum Gasteiger partial charge on any atom is 0.332 e. The molecule has 0 saturated carbocycles. The molecule has 0 bridgehead atoms. The van der Waals surface area contributed by atoms with Gasteiger partial charge < -0.3 is 20.5 Å². The Morgan fingerprint density at radius 2 is 2.00 bits per heavy atom. The van der Waals surface area contributed by atoms with E-state index < -0.39 is 18.2 Å². The lowest BCUT2D eigenvalue weighted by molar-refractivity contribution is -0.154. The lowest BCUT2D eigenvalue weighted by Gasteiger charge is -2.20. The molecule has 1 amide bonds. The maximum absolute atomic E-state index is 12.0. The van der Waals surface area contributed by atoms with Crippen molar-refractivity contribution >= 4 is 11.9 Å². The zero-order chi connectivity index (χ0) is 12.4. The Labute approximate surface area is 99.7 Å². The van der Waals surface area contributed by atoms with Crippen LogP contribution in [0.15, 0.2) is 0 Å². The van der Waals surface area contributed by atoms with E-state index in [1.807, 2.05) is 0 Å². The molecule has 0 aromatic heterocycles. The van der Waals surface area contributed by atoms with Crippen molar-refractivity contribution in [2.45, 2.75) is 31.5 Å². The number of likely N-dealkylation sites (tertiary alicyclic amines) is 1. The molecule has 1 unspecified atom stereocenters. The van der Waals surface area contributed by atoms with Crippen molar-refractivity contribution in [2.75, 3.05) is 19.6 Å². The van der Waals surface area contributed by atoms with Gasteiger partial charge in [-0.25, -0.2) is 4.79 Å². The number of carbonyl (C=O) groups is 2. The Hall–Kier alpha value is -1.14. The number of hydrogen-bond acceptors (Lipinski definition) is 4. The highest BCUT2D eigenvalue weighted by atomic mass is 16.5. The van der Waals surface area contributed by atoms with Crippen molar-refractivity contribution in [1.29, 1.82) is 0 Å². The van der Waals surface area contributed by atoms with Crippen molar-refractivity contribution in [3.8, 4) is 0 Å². The molecule has 0 aromatic carbocycles. The summed E-state index contributed by atoms with van der Waals surface area (Å²) < 4.78 is 5.24. The summed E-state index contributed by atoms with van der Waals surface area (Å²) in [5, 5.41) is 8.79. The molecule has 2 rings (SSSR count). The summed E-state index contributed by atoms with van der Waals surface area (Å²) in [7, 11) is 0. The maximum atomic E-state index is 12.0. The van der Waals surface area contributed by atoms with E-state index in [1.54, 1.807) is 4.90 Å². The molecule has 3 N–H and O–H groups in total. The molecule has 2 fully saturated rings. The molecule has 0 spiro atoms.